The van der Waals surface area contributed by atoms with Crippen molar-refractivity contribution in [1.82, 2.24) is 30.2 Å². The maximum absolute atomic E-state index is 12.4. The van der Waals surface area contributed by atoms with Crippen molar-refractivity contribution in [3.8, 4) is 0 Å². The van der Waals surface area contributed by atoms with Gasteiger partial charge in [-0.1, -0.05) is 18.5 Å². The number of fused-ring (bicyclic) bond motifs is 2. The van der Waals surface area contributed by atoms with Gasteiger partial charge in [0.2, 0.25) is 0 Å². The van der Waals surface area contributed by atoms with Gasteiger partial charge in [-0.25, -0.2) is 24.7 Å². The van der Waals surface area contributed by atoms with Crippen LogP contribution in [0.1, 0.15) is 52.3 Å². The van der Waals surface area contributed by atoms with Crippen LogP contribution in [0.3, 0.4) is 0 Å². The number of rotatable bonds is 5. The number of hydrogen-bond acceptors (Lipinski definition) is 9. The van der Waals surface area contributed by atoms with Crippen molar-refractivity contribution in [3.05, 3.63) is 41.5 Å². The lowest BCUT2D eigenvalue weighted by Crippen LogP contribution is -2.69. The summed E-state index contributed by atoms with van der Waals surface area (Å²) >= 11 is 8.23. The molecule has 1 amide bonds. The van der Waals surface area contributed by atoms with E-state index in [9.17, 15) is 4.79 Å². The Labute approximate surface area is 219 Å². The zero-order valence-electron chi connectivity index (χ0n) is 20.9. The number of alkyl carbamates (subject to hydrolysis) is 1. The van der Waals surface area contributed by atoms with Gasteiger partial charge in [-0.3, -0.25) is 4.98 Å². The van der Waals surface area contributed by atoms with Crippen molar-refractivity contribution in [3.63, 3.8) is 0 Å². The summed E-state index contributed by atoms with van der Waals surface area (Å²) in [5.41, 5.74) is 3.29. The topological polar surface area (TPSA) is 106 Å². The second-order valence-corrected chi connectivity index (χ2v) is 11.7. The van der Waals surface area contributed by atoms with Gasteiger partial charge in [0, 0.05) is 43.0 Å². The summed E-state index contributed by atoms with van der Waals surface area (Å²) in [6.45, 7) is 10.8. The number of carbonyl (C=O) groups excluding carboxylic acids is 1. The van der Waals surface area contributed by atoms with E-state index in [0.717, 1.165) is 39.0 Å². The minimum Gasteiger partial charge on any atom is -0.444 e. The van der Waals surface area contributed by atoms with Crippen LogP contribution in [0.5, 0.6) is 0 Å². The highest BCUT2D eigenvalue weighted by atomic mass is 35.5. The summed E-state index contributed by atoms with van der Waals surface area (Å²) in [5, 5.41) is 4.35. The van der Waals surface area contributed by atoms with Crippen LogP contribution >= 0.6 is 23.4 Å². The van der Waals surface area contributed by atoms with Crippen molar-refractivity contribution in [2.45, 2.75) is 68.7 Å². The molecule has 2 aliphatic rings. The van der Waals surface area contributed by atoms with E-state index in [2.05, 4.69) is 32.1 Å². The highest BCUT2D eigenvalue weighted by Crippen LogP contribution is 2.44. The molecule has 4 heterocycles. The Morgan fingerprint density at radius 1 is 1.22 bits per heavy atom. The van der Waals surface area contributed by atoms with Gasteiger partial charge in [-0.2, -0.15) is 0 Å². The first-order chi connectivity index (χ1) is 17.0. The highest BCUT2D eigenvalue weighted by molar-refractivity contribution is 7.99. The average Bonchev–Trinajstić information content (AvgIpc) is 3.11. The van der Waals surface area contributed by atoms with E-state index >= 15 is 0 Å². The number of halogens is 1. The maximum atomic E-state index is 12.4. The van der Waals surface area contributed by atoms with E-state index in [-0.39, 0.29) is 0 Å². The van der Waals surface area contributed by atoms with Crippen LogP contribution in [0.2, 0.25) is 0 Å². The van der Waals surface area contributed by atoms with E-state index in [1.807, 2.05) is 33.8 Å². The number of nitrogens with one attached hydrogen (secondary N) is 1. The minimum absolute atomic E-state index is 0.424. The fourth-order valence-electron chi connectivity index (χ4n) is 4.41. The number of hydrogen-bond donors (Lipinski definition) is 1. The standard InChI is InChI=1S/C25H28ClN7O2S/c1-6-14-9-16-18(19(14)26)21(33-12-25(5,13-33)32-23(34)35-24(2,3)4)31-22(30-16)36-15-10-17-20(29-11-15)28-8-7-27-17/h7-8,10-11H,6,9,12-13H2,1-5H3,(H,32,34). The first-order valence-corrected chi connectivity index (χ1v) is 13.0. The third kappa shape index (κ3) is 4.97. The van der Waals surface area contributed by atoms with E-state index in [1.54, 1.807) is 18.6 Å². The summed E-state index contributed by atoms with van der Waals surface area (Å²) in [7, 11) is 0. The number of ether oxygens (including phenoxy) is 1. The SMILES string of the molecule is CCC1=C(Cl)c2c(nc(Sc3cnc4nccnc4c3)nc2N2CC(C)(NC(=O)OC(C)(C)C)C2)C1. The van der Waals surface area contributed by atoms with Crippen molar-refractivity contribution in [2.24, 2.45) is 0 Å². The molecule has 0 aromatic carbocycles. The number of carbonyl (C=O) groups is 1. The number of allylic oxidation sites excluding steroid dienone is 1. The smallest absolute Gasteiger partial charge is 0.408 e. The molecule has 36 heavy (non-hydrogen) atoms. The zero-order valence-corrected chi connectivity index (χ0v) is 22.5. The predicted molar refractivity (Wildman–Crippen MR) is 140 cm³/mol. The van der Waals surface area contributed by atoms with Crippen LogP contribution in [0.15, 0.2) is 40.3 Å². The molecule has 1 fully saturated rings. The summed E-state index contributed by atoms with van der Waals surface area (Å²) in [5.74, 6) is 0.785. The van der Waals surface area contributed by atoms with Crippen LogP contribution in [0.25, 0.3) is 16.2 Å². The van der Waals surface area contributed by atoms with E-state index < -0.39 is 17.2 Å². The Kier molecular flexibility index (Phi) is 6.28. The first-order valence-electron chi connectivity index (χ1n) is 11.8. The van der Waals surface area contributed by atoms with Crippen LogP contribution in [-0.2, 0) is 11.2 Å². The Hall–Kier alpha value is -2.98. The van der Waals surface area contributed by atoms with Crippen LogP contribution in [-0.4, -0.2) is 55.2 Å². The lowest BCUT2D eigenvalue weighted by molar-refractivity contribution is 0.0445. The van der Waals surface area contributed by atoms with Gasteiger partial charge < -0.3 is 15.0 Å². The largest absolute Gasteiger partial charge is 0.444 e. The summed E-state index contributed by atoms with van der Waals surface area (Å²) in [6, 6.07) is 1.93. The minimum atomic E-state index is -0.554. The van der Waals surface area contributed by atoms with Gasteiger partial charge in [0.25, 0.3) is 0 Å². The molecule has 0 spiro atoms. The molecule has 0 unspecified atom stereocenters. The second kappa shape index (κ2) is 9.15. The Morgan fingerprint density at radius 2 is 1.97 bits per heavy atom. The fourth-order valence-corrected chi connectivity index (χ4v) is 5.58. The van der Waals surface area contributed by atoms with Crippen molar-refractivity contribution in [2.75, 3.05) is 18.0 Å². The maximum Gasteiger partial charge on any atom is 0.408 e. The Morgan fingerprint density at radius 3 is 2.69 bits per heavy atom. The average molecular weight is 526 g/mol. The molecule has 1 aliphatic carbocycles. The van der Waals surface area contributed by atoms with Crippen molar-refractivity contribution >= 4 is 51.5 Å². The molecule has 0 radical (unpaired) electrons. The van der Waals surface area contributed by atoms with Gasteiger partial charge >= 0.3 is 6.09 Å². The van der Waals surface area contributed by atoms with Gasteiger partial charge in [0.1, 0.15) is 16.9 Å². The van der Waals surface area contributed by atoms with Crippen molar-refractivity contribution in [1.29, 1.82) is 0 Å². The monoisotopic (exact) mass is 525 g/mol. The third-order valence-electron chi connectivity index (χ3n) is 5.97. The van der Waals surface area contributed by atoms with Gasteiger partial charge in [0.05, 0.1) is 21.8 Å². The lowest BCUT2D eigenvalue weighted by Gasteiger charge is -2.49. The lowest BCUT2D eigenvalue weighted by atomic mass is 9.92. The van der Waals surface area contributed by atoms with E-state index in [0.29, 0.717) is 35.8 Å². The molecule has 1 saturated heterocycles. The van der Waals surface area contributed by atoms with Crippen molar-refractivity contribution < 1.29 is 9.53 Å². The van der Waals surface area contributed by atoms with E-state index in [4.69, 9.17) is 26.3 Å². The molecular formula is C25H28ClN7O2S. The molecule has 3 aromatic rings. The molecule has 0 atom stereocenters. The molecule has 188 valence electrons. The molecule has 0 bridgehead atoms. The van der Waals surface area contributed by atoms with Gasteiger partial charge in [0.15, 0.2) is 10.8 Å². The number of nitrogens with zero attached hydrogens (tertiary/aromatic N) is 6. The molecular weight excluding hydrogens is 498 g/mol. The van der Waals surface area contributed by atoms with E-state index in [1.165, 1.54) is 11.8 Å². The molecule has 11 heteroatoms. The predicted octanol–water partition coefficient (Wildman–Crippen LogP) is 4.99. The quantitative estimate of drug-likeness (QED) is 0.461. The molecule has 0 saturated carbocycles. The normalized spacial score (nSPS) is 16.7. The Balaban J connectivity index is 1.41. The zero-order chi connectivity index (χ0) is 25.7. The first kappa shape index (κ1) is 24.7. The number of amides is 1. The molecule has 1 aliphatic heterocycles. The van der Waals surface area contributed by atoms with Crippen LogP contribution in [0, 0.1) is 0 Å². The molecule has 3 aromatic heterocycles. The second-order valence-electron chi connectivity index (χ2n) is 10.3. The highest BCUT2D eigenvalue weighted by Gasteiger charge is 2.43. The van der Waals surface area contributed by atoms with Gasteiger partial charge in [-0.15, -0.1) is 0 Å². The number of aromatic nitrogens is 5. The summed E-state index contributed by atoms with van der Waals surface area (Å²) in [6.07, 6.45) is 6.16. The summed E-state index contributed by atoms with van der Waals surface area (Å²) < 4.78 is 5.44. The number of pyridine rings is 1. The van der Waals surface area contributed by atoms with Crippen LogP contribution in [0.4, 0.5) is 10.6 Å². The molecule has 5 rings (SSSR count). The fraction of sp³-hybridized carbons (Fsp3) is 0.440. The third-order valence-corrected chi connectivity index (χ3v) is 7.25. The molecule has 9 nitrogen and oxygen atoms in total. The number of anilines is 1. The summed E-state index contributed by atoms with van der Waals surface area (Å²) in [4.78, 5) is 38.1. The van der Waals surface area contributed by atoms with Crippen LogP contribution < -0.4 is 10.2 Å². The van der Waals surface area contributed by atoms with Gasteiger partial charge in [-0.05, 0) is 57.5 Å². The Bertz CT molecular complexity index is 1380. The molecule has 1 N–H and O–H groups in total.